The number of fused-ring (bicyclic) bond motifs is 1. The number of amides is 1. The highest BCUT2D eigenvalue weighted by molar-refractivity contribution is 7.89. The molecule has 26 heavy (non-hydrogen) atoms. The Bertz CT molecular complexity index is 874. The van der Waals surface area contributed by atoms with Crippen LogP contribution in [0.2, 0.25) is 0 Å². The zero-order valence-corrected chi connectivity index (χ0v) is 15.5. The summed E-state index contributed by atoms with van der Waals surface area (Å²) in [5.41, 5.74) is 5.66. The van der Waals surface area contributed by atoms with Crippen LogP contribution in [0.1, 0.15) is 19.3 Å². The van der Waals surface area contributed by atoms with Gasteiger partial charge in [0, 0.05) is 26.1 Å². The number of piperidine rings is 1. The number of nitrogens with zero attached hydrogens (tertiary/aromatic N) is 1. The summed E-state index contributed by atoms with van der Waals surface area (Å²) in [6.45, 7) is 2.18. The predicted octanol–water partition coefficient (Wildman–Crippen LogP) is 1.71. The molecule has 6 nitrogen and oxygen atoms in total. The highest BCUT2D eigenvalue weighted by atomic mass is 32.2. The smallest absolute Gasteiger partial charge is 0.240 e. The zero-order chi connectivity index (χ0) is 18.6. The van der Waals surface area contributed by atoms with Gasteiger partial charge in [-0.3, -0.25) is 4.79 Å². The summed E-state index contributed by atoms with van der Waals surface area (Å²) in [5, 5.41) is 1.86. The van der Waals surface area contributed by atoms with Gasteiger partial charge in [-0.05, 0) is 48.2 Å². The second-order valence-corrected chi connectivity index (χ2v) is 8.48. The monoisotopic (exact) mass is 375 g/mol. The molecule has 0 spiro atoms. The topological polar surface area (TPSA) is 92.5 Å². The number of carbonyl (C=O) groups excluding carboxylic acids is 1. The van der Waals surface area contributed by atoms with Gasteiger partial charge in [-0.2, -0.15) is 0 Å². The van der Waals surface area contributed by atoms with Crippen molar-refractivity contribution in [1.29, 1.82) is 0 Å². The summed E-state index contributed by atoms with van der Waals surface area (Å²) < 4.78 is 27.5. The first-order chi connectivity index (χ1) is 12.5. The number of nitrogens with two attached hydrogens (primary N) is 1. The number of carbonyl (C=O) groups is 1. The van der Waals surface area contributed by atoms with E-state index in [1.54, 1.807) is 23.1 Å². The van der Waals surface area contributed by atoms with Gasteiger partial charge in [0.15, 0.2) is 0 Å². The quantitative estimate of drug-likeness (QED) is 0.804. The Balaban J connectivity index is 1.55. The zero-order valence-electron chi connectivity index (χ0n) is 14.7. The van der Waals surface area contributed by atoms with Crippen molar-refractivity contribution in [3.05, 3.63) is 42.5 Å². The van der Waals surface area contributed by atoms with Gasteiger partial charge in [-0.15, -0.1) is 0 Å². The summed E-state index contributed by atoms with van der Waals surface area (Å²) >= 11 is 0. The maximum atomic E-state index is 12.5. The molecule has 3 N–H and O–H groups in total. The van der Waals surface area contributed by atoms with Crippen LogP contribution >= 0.6 is 0 Å². The fourth-order valence-corrected chi connectivity index (χ4v) is 4.35. The Morgan fingerprint density at radius 2 is 1.81 bits per heavy atom. The average Bonchev–Trinajstić information content (AvgIpc) is 2.67. The molecule has 2 aromatic rings. The Morgan fingerprint density at radius 1 is 1.12 bits per heavy atom. The van der Waals surface area contributed by atoms with Crippen molar-refractivity contribution in [2.45, 2.75) is 24.2 Å². The van der Waals surface area contributed by atoms with Crippen LogP contribution in [0, 0.1) is 5.92 Å². The van der Waals surface area contributed by atoms with E-state index in [9.17, 15) is 13.2 Å². The fraction of sp³-hybridized carbons (Fsp3) is 0.421. The van der Waals surface area contributed by atoms with Gasteiger partial charge in [0.25, 0.3) is 0 Å². The van der Waals surface area contributed by atoms with E-state index in [1.165, 1.54) is 0 Å². The van der Waals surface area contributed by atoms with E-state index in [-0.39, 0.29) is 23.8 Å². The van der Waals surface area contributed by atoms with Crippen LogP contribution in [0.4, 0.5) is 0 Å². The second kappa shape index (κ2) is 8.16. The van der Waals surface area contributed by atoms with Gasteiger partial charge in [0.2, 0.25) is 15.9 Å². The lowest BCUT2D eigenvalue weighted by Gasteiger charge is -2.31. The molecule has 0 radical (unpaired) electrons. The summed E-state index contributed by atoms with van der Waals surface area (Å²) in [4.78, 5) is 14.3. The second-order valence-electron chi connectivity index (χ2n) is 6.72. The number of nitrogens with one attached hydrogen (secondary N) is 1. The molecular weight excluding hydrogens is 350 g/mol. The molecule has 3 rings (SSSR count). The Morgan fingerprint density at radius 3 is 2.50 bits per heavy atom. The predicted molar refractivity (Wildman–Crippen MR) is 102 cm³/mol. The number of hydrogen-bond acceptors (Lipinski definition) is 4. The normalized spacial score (nSPS) is 16.1. The van der Waals surface area contributed by atoms with Crippen molar-refractivity contribution in [1.82, 2.24) is 9.62 Å². The largest absolute Gasteiger partial charge is 0.343 e. The molecule has 0 saturated carbocycles. The van der Waals surface area contributed by atoms with Gasteiger partial charge < -0.3 is 10.6 Å². The maximum Gasteiger partial charge on any atom is 0.240 e. The third kappa shape index (κ3) is 4.41. The molecule has 0 unspecified atom stereocenters. The van der Waals surface area contributed by atoms with E-state index < -0.39 is 10.0 Å². The van der Waals surface area contributed by atoms with E-state index in [0.717, 1.165) is 23.6 Å². The Kier molecular flexibility index (Phi) is 5.90. The molecule has 0 bridgehead atoms. The summed E-state index contributed by atoms with van der Waals surface area (Å²) in [7, 11) is -3.63. The van der Waals surface area contributed by atoms with Crippen molar-refractivity contribution in [2.24, 2.45) is 11.7 Å². The number of likely N-dealkylation sites (tertiary alicyclic amines) is 1. The number of sulfonamides is 1. The molecule has 1 aliphatic heterocycles. The molecule has 0 aliphatic carbocycles. The molecule has 1 fully saturated rings. The van der Waals surface area contributed by atoms with Gasteiger partial charge in [-0.25, -0.2) is 13.1 Å². The van der Waals surface area contributed by atoms with Gasteiger partial charge in [0.05, 0.1) is 4.90 Å². The average molecular weight is 375 g/mol. The Hall–Kier alpha value is -1.96. The number of rotatable bonds is 6. The minimum Gasteiger partial charge on any atom is -0.343 e. The summed E-state index contributed by atoms with van der Waals surface area (Å²) in [6, 6.07) is 12.6. The molecule has 1 heterocycles. The van der Waals surface area contributed by atoms with Crippen molar-refractivity contribution < 1.29 is 13.2 Å². The van der Waals surface area contributed by atoms with Gasteiger partial charge in [-0.1, -0.05) is 30.3 Å². The van der Waals surface area contributed by atoms with E-state index >= 15 is 0 Å². The lowest BCUT2D eigenvalue weighted by molar-refractivity contribution is -0.132. The molecular formula is C19H25N3O3S. The van der Waals surface area contributed by atoms with Crippen LogP contribution in [-0.4, -0.2) is 45.4 Å². The van der Waals surface area contributed by atoms with Crippen LogP contribution in [-0.2, 0) is 14.8 Å². The van der Waals surface area contributed by atoms with Gasteiger partial charge in [0.1, 0.15) is 0 Å². The number of hydrogen-bond donors (Lipinski definition) is 2. The van der Waals surface area contributed by atoms with Crippen molar-refractivity contribution in [2.75, 3.05) is 26.2 Å². The molecule has 7 heteroatoms. The lowest BCUT2D eigenvalue weighted by atomic mass is 9.97. The highest BCUT2D eigenvalue weighted by Crippen LogP contribution is 2.19. The van der Waals surface area contributed by atoms with Crippen LogP contribution in [0.3, 0.4) is 0 Å². The molecule has 2 aromatic carbocycles. The first-order valence-electron chi connectivity index (χ1n) is 8.96. The van der Waals surface area contributed by atoms with Crippen molar-refractivity contribution in [3.8, 4) is 0 Å². The van der Waals surface area contributed by atoms with Crippen molar-refractivity contribution >= 4 is 26.7 Å². The first kappa shape index (κ1) is 18.8. The molecule has 1 saturated heterocycles. The van der Waals surface area contributed by atoms with Crippen LogP contribution in [0.25, 0.3) is 10.8 Å². The lowest BCUT2D eigenvalue weighted by Crippen LogP contribution is -2.41. The van der Waals surface area contributed by atoms with Crippen LogP contribution in [0.15, 0.2) is 47.4 Å². The Labute approximate surface area is 154 Å². The molecule has 0 aromatic heterocycles. The van der Waals surface area contributed by atoms with Crippen LogP contribution in [0.5, 0.6) is 0 Å². The summed E-state index contributed by atoms with van der Waals surface area (Å²) in [5.74, 6) is 0.479. The van der Waals surface area contributed by atoms with E-state index in [2.05, 4.69) is 4.72 Å². The summed E-state index contributed by atoms with van der Waals surface area (Å²) in [6.07, 6.45) is 2.01. The minimum absolute atomic E-state index is 0.0123. The van der Waals surface area contributed by atoms with E-state index in [1.807, 2.05) is 24.3 Å². The highest BCUT2D eigenvalue weighted by Gasteiger charge is 2.22. The third-order valence-electron chi connectivity index (χ3n) is 4.96. The van der Waals surface area contributed by atoms with Crippen molar-refractivity contribution in [3.63, 3.8) is 0 Å². The molecule has 140 valence electrons. The van der Waals surface area contributed by atoms with E-state index in [4.69, 9.17) is 5.73 Å². The SMILES string of the molecule is NCC1CCN(C(=O)CCNS(=O)(=O)c2ccc3ccccc3c2)CC1. The standard InChI is InChI=1S/C19H25N3O3S/c20-14-15-8-11-22(12-9-15)19(23)7-10-21-26(24,25)18-6-5-16-3-1-2-4-17(16)13-18/h1-6,13,15,21H,7-12,14,20H2. The fourth-order valence-electron chi connectivity index (χ4n) is 3.29. The van der Waals surface area contributed by atoms with E-state index in [0.29, 0.717) is 25.6 Å². The molecule has 1 amide bonds. The molecule has 1 aliphatic rings. The van der Waals surface area contributed by atoms with Gasteiger partial charge >= 0.3 is 0 Å². The number of benzene rings is 2. The first-order valence-corrected chi connectivity index (χ1v) is 10.4. The third-order valence-corrected chi connectivity index (χ3v) is 6.42. The maximum absolute atomic E-state index is 12.5. The minimum atomic E-state index is -3.63. The molecule has 0 atom stereocenters. The van der Waals surface area contributed by atoms with Crippen LogP contribution < -0.4 is 10.5 Å².